The number of hydrogen-bond acceptors (Lipinski definition) is 13. The molecule has 0 bridgehead atoms. The maximum atomic E-state index is 13.2. The van der Waals surface area contributed by atoms with Gasteiger partial charge in [-0.05, 0) is 96.3 Å². The van der Waals surface area contributed by atoms with Gasteiger partial charge in [0.2, 0.25) is 5.91 Å². The fourth-order valence-electron chi connectivity index (χ4n) is 8.13. The Morgan fingerprint density at radius 1 is 0.500 bits per heavy atom. The second-order valence-electron chi connectivity index (χ2n) is 19.0. The van der Waals surface area contributed by atoms with E-state index in [1.54, 1.807) is 6.08 Å². The summed E-state index contributed by atoms with van der Waals surface area (Å²) >= 11 is 0. The summed E-state index contributed by atoms with van der Waals surface area (Å²) in [6.45, 7) is 2.53. The third-order valence-corrected chi connectivity index (χ3v) is 12.6. The lowest BCUT2D eigenvalue weighted by atomic mass is 9.97. The molecule has 2 saturated heterocycles. The van der Waals surface area contributed by atoms with Crippen LogP contribution in [0.5, 0.6) is 0 Å². The smallest absolute Gasteiger partial charge is 0.220 e. The van der Waals surface area contributed by atoms with Crippen LogP contribution in [-0.4, -0.2) is 140 Å². The molecular weight excluding hydrogens is 943 g/mol. The Morgan fingerprint density at radius 3 is 1.47 bits per heavy atom. The van der Waals surface area contributed by atoms with Crippen molar-refractivity contribution in [2.75, 3.05) is 19.8 Å². The summed E-state index contributed by atoms with van der Waals surface area (Å²) in [5.41, 5.74) is 0. The zero-order valence-corrected chi connectivity index (χ0v) is 44.8. The molecule has 1 amide bonds. The van der Waals surface area contributed by atoms with E-state index in [9.17, 15) is 45.6 Å². The van der Waals surface area contributed by atoms with Crippen LogP contribution in [0.4, 0.5) is 0 Å². The van der Waals surface area contributed by atoms with Gasteiger partial charge in [0.25, 0.3) is 0 Å². The normalized spacial score (nSPS) is 26.2. The van der Waals surface area contributed by atoms with Crippen LogP contribution in [0.15, 0.2) is 122 Å². The standard InChI is InChI=1S/C60H97NO13/c1-3-5-7-9-11-13-15-16-17-18-19-20-21-22-23-24-25-26-27-28-29-30-31-32-34-36-38-40-42-44-52(65)61-48(49(64)43-41-39-37-35-33-14-12-10-8-6-4-2)47-71-59-57(70)55(68)58(51(46-63)73-59)74-60-56(69)54(67)53(66)50(45-62)72-60/h5,7-8,10-11,13,16-17,19-20,22-23,25-26,28-29,33,35,41,43,48-51,53-60,62-64,66-70H,3-4,6,9,12,14-15,18,21,24,27,30-32,34,36-40,42,44-47H2,1-2H3,(H,61,65)/b7-5-,10-8+,13-11-,17-16-,20-19-,23-22-,26-25-,29-28-,35-33+,43-41+. The van der Waals surface area contributed by atoms with E-state index in [0.29, 0.717) is 12.8 Å². The molecule has 0 aromatic carbocycles. The number of carbonyl (C=O) groups is 1. The van der Waals surface area contributed by atoms with E-state index >= 15 is 0 Å². The average Bonchev–Trinajstić information content (AvgIpc) is 3.40. The fourth-order valence-corrected chi connectivity index (χ4v) is 8.13. The molecule has 12 atom stereocenters. The number of rotatable bonds is 41. The number of aliphatic hydroxyl groups excluding tert-OH is 8. The van der Waals surface area contributed by atoms with Gasteiger partial charge >= 0.3 is 0 Å². The molecule has 2 heterocycles. The SMILES string of the molecule is CC/C=C\C/C=C\C/C=C\C/C=C\C/C=C\C/C=C\C/C=C\CCCCCCCCCC(=O)NC(COC1OC(CO)C(OC2OC(CO)C(O)C(O)C2O)C(O)C1O)C(O)/C=C/CC/C=C/CC/C=C/CCC. The van der Waals surface area contributed by atoms with E-state index in [-0.39, 0.29) is 18.9 Å². The lowest BCUT2D eigenvalue weighted by Crippen LogP contribution is -2.65. The number of ether oxygens (including phenoxy) is 4. The summed E-state index contributed by atoms with van der Waals surface area (Å²) in [5.74, 6) is -0.274. The molecule has 2 aliphatic rings. The zero-order valence-electron chi connectivity index (χ0n) is 44.8. The first kappa shape index (κ1) is 66.5. The topological polar surface area (TPSA) is 228 Å². The second kappa shape index (κ2) is 44.5. The molecule has 0 aromatic heterocycles. The Bertz CT molecular complexity index is 1700. The maximum Gasteiger partial charge on any atom is 0.220 e. The molecule has 0 radical (unpaired) electrons. The highest BCUT2D eigenvalue weighted by molar-refractivity contribution is 5.76. The average molecular weight is 1040 g/mol. The van der Waals surface area contributed by atoms with Crippen molar-refractivity contribution in [3.8, 4) is 0 Å². The summed E-state index contributed by atoms with van der Waals surface area (Å²) < 4.78 is 22.7. The van der Waals surface area contributed by atoms with E-state index in [1.807, 2.05) is 6.08 Å². The predicted octanol–water partition coefficient (Wildman–Crippen LogP) is 8.66. The number of aliphatic hydroxyl groups is 8. The van der Waals surface area contributed by atoms with Gasteiger partial charge in [-0.1, -0.05) is 174 Å². The van der Waals surface area contributed by atoms with Gasteiger partial charge in [0.05, 0.1) is 32.0 Å². The van der Waals surface area contributed by atoms with Crippen molar-refractivity contribution < 1.29 is 64.6 Å². The molecule has 14 heteroatoms. The van der Waals surface area contributed by atoms with Gasteiger partial charge in [0.15, 0.2) is 12.6 Å². The molecule has 0 aromatic rings. The van der Waals surface area contributed by atoms with Crippen LogP contribution >= 0.6 is 0 Å². The lowest BCUT2D eigenvalue weighted by Gasteiger charge is -2.46. The van der Waals surface area contributed by atoms with Gasteiger partial charge in [-0.15, -0.1) is 0 Å². The third-order valence-electron chi connectivity index (χ3n) is 12.6. The largest absolute Gasteiger partial charge is 0.394 e. The van der Waals surface area contributed by atoms with Gasteiger partial charge in [-0.2, -0.15) is 0 Å². The van der Waals surface area contributed by atoms with Crippen LogP contribution in [0.25, 0.3) is 0 Å². The molecule has 74 heavy (non-hydrogen) atoms. The summed E-state index contributed by atoms with van der Waals surface area (Å²) in [6, 6.07) is -0.951. The molecule has 2 rings (SSSR count). The van der Waals surface area contributed by atoms with E-state index in [0.717, 1.165) is 122 Å². The van der Waals surface area contributed by atoms with E-state index in [2.05, 4.69) is 129 Å². The predicted molar refractivity (Wildman–Crippen MR) is 295 cm³/mol. The van der Waals surface area contributed by atoms with Crippen molar-refractivity contribution in [2.24, 2.45) is 0 Å². The van der Waals surface area contributed by atoms with Crippen molar-refractivity contribution in [1.82, 2.24) is 5.32 Å². The fraction of sp³-hybridized carbons (Fsp3) is 0.650. The Kier molecular flexibility index (Phi) is 40.0. The Labute approximate surface area is 444 Å². The molecule has 0 saturated carbocycles. The molecule has 14 nitrogen and oxygen atoms in total. The first-order valence-corrected chi connectivity index (χ1v) is 27.8. The van der Waals surface area contributed by atoms with Crippen LogP contribution in [0.3, 0.4) is 0 Å². The number of allylic oxidation sites excluding steroid dienone is 19. The molecule has 2 fully saturated rings. The first-order valence-electron chi connectivity index (χ1n) is 27.8. The van der Waals surface area contributed by atoms with Gasteiger partial charge in [-0.3, -0.25) is 4.79 Å². The molecule has 420 valence electrons. The number of unbranched alkanes of at least 4 members (excludes halogenated alkanes) is 10. The van der Waals surface area contributed by atoms with Crippen LogP contribution in [0.1, 0.15) is 155 Å². The van der Waals surface area contributed by atoms with Crippen LogP contribution in [0, 0.1) is 0 Å². The highest BCUT2D eigenvalue weighted by Gasteiger charge is 2.51. The Balaban J connectivity index is 1.74. The van der Waals surface area contributed by atoms with Gasteiger partial charge < -0.3 is 65.1 Å². The lowest BCUT2D eigenvalue weighted by molar-refractivity contribution is -0.359. The quantitative estimate of drug-likeness (QED) is 0.0207. The van der Waals surface area contributed by atoms with Crippen molar-refractivity contribution in [3.63, 3.8) is 0 Å². The number of amides is 1. The summed E-state index contributed by atoms with van der Waals surface area (Å²) in [7, 11) is 0. The minimum Gasteiger partial charge on any atom is -0.394 e. The van der Waals surface area contributed by atoms with E-state index < -0.39 is 86.8 Å². The molecular formula is C60H97NO13. The van der Waals surface area contributed by atoms with E-state index in [4.69, 9.17) is 18.9 Å². The Hall–Kier alpha value is -3.61. The van der Waals surface area contributed by atoms with Crippen molar-refractivity contribution >= 4 is 5.91 Å². The summed E-state index contributed by atoms with van der Waals surface area (Å²) in [6.07, 6.45) is 46.8. The van der Waals surface area contributed by atoms with Gasteiger partial charge in [0.1, 0.15) is 48.8 Å². The number of nitrogens with one attached hydrogen (secondary N) is 1. The number of hydrogen-bond donors (Lipinski definition) is 9. The highest BCUT2D eigenvalue weighted by atomic mass is 16.7. The van der Waals surface area contributed by atoms with Crippen LogP contribution in [-0.2, 0) is 23.7 Å². The third kappa shape index (κ3) is 30.2. The van der Waals surface area contributed by atoms with Crippen molar-refractivity contribution in [2.45, 2.75) is 229 Å². The second-order valence-corrected chi connectivity index (χ2v) is 19.0. The molecule has 9 N–H and O–H groups in total. The van der Waals surface area contributed by atoms with Crippen LogP contribution < -0.4 is 5.32 Å². The Morgan fingerprint density at radius 2 is 0.946 bits per heavy atom. The van der Waals surface area contributed by atoms with E-state index in [1.165, 1.54) is 0 Å². The molecule has 0 spiro atoms. The van der Waals surface area contributed by atoms with Crippen molar-refractivity contribution in [1.29, 1.82) is 0 Å². The summed E-state index contributed by atoms with van der Waals surface area (Å²) in [4.78, 5) is 13.2. The minimum atomic E-state index is -1.80. The van der Waals surface area contributed by atoms with Gasteiger partial charge in [-0.25, -0.2) is 0 Å². The first-order chi connectivity index (χ1) is 36.1. The van der Waals surface area contributed by atoms with Crippen LogP contribution in [0.2, 0.25) is 0 Å². The van der Waals surface area contributed by atoms with Crippen molar-refractivity contribution in [3.05, 3.63) is 122 Å². The maximum absolute atomic E-state index is 13.2. The monoisotopic (exact) mass is 1040 g/mol. The molecule has 0 aliphatic carbocycles. The number of carbonyl (C=O) groups excluding carboxylic acids is 1. The highest BCUT2D eigenvalue weighted by Crippen LogP contribution is 2.30. The van der Waals surface area contributed by atoms with Gasteiger partial charge in [0, 0.05) is 6.42 Å². The summed E-state index contributed by atoms with van der Waals surface area (Å²) in [5, 5.41) is 86.7. The molecule has 2 aliphatic heterocycles. The molecule has 12 unspecified atom stereocenters. The zero-order chi connectivity index (χ0) is 53.9. The minimum absolute atomic E-state index is 0.248.